The zero-order valence-corrected chi connectivity index (χ0v) is 8.89. The number of nitrogens with one attached hydrogen (secondary N) is 1. The molecule has 1 heterocycles. The van der Waals surface area contributed by atoms with Gasteiger partial charge in [-0.1, -0.05) is 30.3 Å². The summed E-state index contributed by atoms with van der Waals surface area (Å²) in [6.45, 7) is 4.26. The van der Waals surface area contributed by atoms with E-state index in [0.717, 1.165) is 26.2 Å². The minimum absolute atomic E-state index is 0.160. The third-order valence-electron chi connectivity index (χ3n) is 2.95. The molecule has 15 heavy (non-hydrogen) atoms. The van der Waals surface area contributed by atoms with Crippen molar-refractivity contribution in [1.82, 2.24) is 10.2 Å². The van der Waals surface area contributed by atoms with Crippen molar-refractivity contribution in [3.05, 3.63) is 35.9 Å². The summed E-state index contributed by atoms with van der Waals surface area (Å²) in [6, 6.07) is 10.4. The molecule has 1 aliphatic rings. The molecule has 1 atom stereocenters. The van der Waals surface area contributed by atoms with Gasteiger partial charge in [0.1, 0.15) is 0 Å². The first-order valence-electron chi connectivity index (χ1n) is 5.52. The second-order valence-corrected chi connectivity index (χ2v) is 3.90. The highest BCUT2D eigenvalue weighted by atomic mass is 16.3. The van der Waals surface area contributed by atoms with Crippen LogP contribution in [0.1, 0.15) is 11.6 Å². The van der Waals surface area contributed by atoms with Gasteiger partial charge in [-0.05, 0) is 5.56 Å². The molecular weight excluding hydrogens is 188 g/mol. The number of aliphatic hydroxyl groups excluding tert-OH is 1. The Morgan fingerprint density at radius 3 is 2.47 bits per heavy atom. The van der Waals surface area contributed by atoms with Gasteiger partial charge < -0.3 is 10.4 Å². The van der Waals surface area contributed by atoms with Crippen molar-refractivity contribution < 1.29 is 5.11 Å². The molecule has 2 N–H and O–H groups in total. The van der Waals surface area contributed by atoms with Crippen LogP contribution in [0.3, 0.4) is 0 Å². The van der Waals surface area contributed by atoms with Crippen molar-refractivity contribution in [2.45, 2.75) is 6.04 Å². The van der Waals surface area contributed by atoms with E-state index in [2.05, 4.69) is 22.3 Å². The molecule has 1 aliphatic heterocycles. The molecule has 1 aromatic carbocycles. The van der Waals surface area contributed by atoms with E-state index in [4.69, 9.17) is 0 Å². The largest absolute Gasteiger partial charge is 0.394 e. The molecule has 0 aromatic heterocycles. The van der Waals surface area contributed by atoms with Gasteiger partial charge in [-0.15, -0.1) is 0 Å². The van der Waals surface area contributed by atoms with Crippen molar-refractivity contribution in [2.24, 2.45) is 0 Å². The molecule has 82 valence electrons. The minimum atomic E-state index is 0.160. The van der Waals surface area contributed by atoms with E-state index in [-0.39, 0.29) is 12.6 Å². The predicted molar refractivity (Wildman–Crippen MR) is 60.7 cm³/mol. The number of aliphatic hydroxyl groups is 1. The lowest BCUT2D eigenvalue weighted by molar-refractivity contribution is 0.111. The number of piperazine rings is 1. The average molecular weight is 206 g/mol. The zero-order valence-electron chi connectivity index (χ0n) is 8.89. The van der Waals surface area contributed by atoms with Gasteiger partial charge in [0.2, 0.25) is 0 Å². The lowest BCUT2D eigenvalue weighted by Crippen LogP contribution is -2.46. The summed E-state index contributed by atoms with van der Waals surface area (Å²) in [7, 11) is 0. The Morgan fingerprint density at radius 1 is 1.20 bits per heavy atom. The van der Waals surface area contributed by atoms with E-state index in [9.17, 15) is 5.11 Å². The van der Waals surface area contributed by atoms with Gasteiger partial charge in [0.15, 0.2) is 0 Å². The Balaban J connectivity index is 2.09. The van der Waals surface area contributed by atoms with Gasteiger partial charge in [-0.25, -0.2) is 0 Å². The Hall–Kier alpha value is -0.900. The summed E-state index contributed by atoms with van der Waals surface area (Å²) in [5, 5.41) is 12.8. The third kappa shape index (κ3) is 2.56. The standard InChI is InChI=1S/C12H18N2O/c15-10-12(11-4-2-1-3-5-11)14-8-6-13-7-9-14/h1-5,12-13,15H,6-10H2/t12-/m1/s1. The van der Waals surface area contributed by atoms with Crippen LogP contribution in [0.25, 0.3) is 0 Å². The van der Waals surface area contributed by atoms with Crippen LogP contribution in [-0.4, -0.2) is 42.8 Å². The van der Waals surface area contributed by atoms with Crippen LogP contribution in [0.5, 0.6) is 0 Å². The first-order chi connectivity index (χ1) is 7.42. The molecule has 0 amide bonds. The number of nitrogens with zero attached hydrogens (tertiary/aromatic N) is 1. The van der Waals surface area contributed by atoms with Crippen molar-refractivity contribution in [1.29, 1.82) is 0 Å². The predicted octanol–water partition coefficient (Wildman–Crippen LogP) is 0.625. The van der Waals surface area contributed by atoms with E-state index in [1.165, 1.54) is 5.56 Å². The molecule has 0 unspecified atom stereocenters. The number of rotatable bonds is 3. The van der Waals surface area contributed by atoms with E-state index in [1.54, 1.807) is 0 Å². The quantitative estimate of drug-likeness (QED) is 0.761. The molecule has 3 nitrogen and oxygen atoms in total. The Bertz CT molecular complexity index is 283. The van der Waals surface area contributed by atoms with Gasteiger partial charge in [0, 0.05) is 26.2 Å². The van der Waals surface area contributed by atoms with Crippen molar-refractivity contribution >= 4 is 0 Å². The second kappa shape index (κ2) is 5.26. The van der Waals surface area contributed by atoms with Crippen LogP contribution in [0.2, 0.25) is 0 Å². The monoisotopic (exact) mass is 206 g/mol. The highest BCUT2D eigenvalue weighted by Gasteiger charge is 2.20. The van der Waals surface area contributed by atoms with Crippen LogP contribution >= 0.6 is 0 Å². The molecule has 1 aromatic rings. The third-order valence-corrected chi connectivity index (χ3v) is 2.95. The molecule has 0 radical (unpaired) electrons. The van der Waals surface area contributed by atoms with Gasteiger partial charge in [-0.2, -0.15) is 0 Å². The normalized spacial score (nSPS) is 20.1. The SMILES string of the molecule is OC[C@H](c1ccccc1)N1CCNCC1. The van der Waals surface area contributed by atoms with E-state index in [0.29, 0.717) is 0 Å². The first kappa shape index (κ1) is 10.6. The molecule has 0 aliphatic carbocycles. The van der Waals surface area contributed by atoms with Crippen LogP contribution in [0.15, 0.2) is 30.3 Å². The Kier molecular flexibility index (Phi) is 3.72. The summed E-state index contributed by atoms with van der Waals surface area (Å²) in [5.74, 6) is 0. The highest BCUT2D eigenvalue weighted by molar-refractivity contribution is 5.19. The fraction of sp³-hybridized carbons (Fsp3) is 0.500. The molecule has 2 rings (SSSR count). The highest BCUT2D eigenvalue weighted by Crippen LogP contribution is 2.19. The maximum atomic E-state index is 9.47. The van der Waals surface area contributed by atoms with E-state index < -0.39 is 0 Å². The second-order valence-electron chi connectivity index (χ2n) is 3.90. The zero-order chi connectivity index (χ0) is 10.5. The maximum absolute atomic E-state index is 9.47. The lowest BCUT2D eigenvalue weighted by Gasteiger charge is -2.34. The molecule has 1 saturated heterocycles. The Labute approximate surface area is 90.7 Å². The molecule has 0 spiro atoms. The van der Waals surface area contributed by atoms with E-state index >= 15 is 0 Å². The molecule has 0 saturated carbocycles. The van der Waals surface area contributed by atoms with E-state index in [1.807, 2.05) is 18.2 Å². The lowest BCUT2D eigenvalue weighted by atomic mass is 10.1. The fourth-order valence-electron chi connectivity index (χ4n) is 2.10. The Morgan fingerprint density at radius 2 is 1.87 bits per heavy atom. The molecule has 3 heteroatoms. The van der Waals surface area contributed by atoms with Gasteiger partial charge in [-0.3, -0.25) is 4.90 Å². The molecule has 1 fully saturated rings. The van der Waals surface area contributed by atoms with Crippen LogP contribution in [0.4, 0.5) is 0 Å². The molecule has 0 bridgehead atoms. The summed E-state index contributed by atoms with van der Waals surface area (Å²) in [5.41, 5.74) is 1.21. The van der Waals surface area contributed by atoms with Gasteiger partial charge in [0.25, 0.3) is 0 Å². The van der Waals surface area contributed by atoms with Crippen molar-refractivity contribution in [3.8, 4) is 0 Å². The average Bonchev–Trinajstić information content (AvgIpc) is 2.33. The summed E-state index contributed by atoms with van der Waals surface area (Å²) in [6.07, 6.45) is 0. The van der Waals surface area contributed by atoms with Crippen LogP contribution < -0.4 is 5.32 Å². The first-order valence-corrected chi connectivity index (χ1v) is 5.52. The number of benzene rings is 1. The summed E-state index contributed by atoms with van der Waals surface area (Å²) >= 11 is 0. The summed E-state index contributed by atoms with van der Waals surface area (Å²) < 4.78 is 0. The minimum Gasteiger partial charge on any atom is -0.394 e. The topological polar surface area (TPSA) is 35.5 Å². The maximum Gasteiger partial charge on any atom is 0.0628 e. The number of hydrogen-bond donors (Lipinski definition) is 2. The van der Waals surface area contributed by atoms with Crippen molar-refractivity contribution in [3.63, 3.8) is 0 Å². The van der Waals surface area contributed by atoms with Gasteiger partial charge in [0.05, 0.1) is 12.6 Å². The smallest absolute Gasteiger partial charge is 0.0628 e. The molecular formula is C12H18N2O. The summed E-state index contributed by atoms with van der Waals surface area (Å²) in [4.78, 5) is 2.34. The number of hydrogen-bond acceptors (Lipinski definition) is 3. The van der Waals surface area contributed by atoms with Crippen molar-refractivity contribution in [2.75, 3.05) is 32.8 Å². The fourth-order valence-corrected chi connectivity index (χ4v) is 2.10. The van der Waals surface area contributed by atoms with Gasteiger partial charge >= 0.3 is 0 Å². The van der Waals surface area contributed by atoms with Crippen LogP contribution in [0, 0.1) is 0 Å². The van der Waals surface area contributed by atoms with Crippen LogP contribution in [-0.2, 0) is 0 Å².